The van der Waals surface area contributed by atoms with Crippen LogP contribution in [0.1, 0.15) is 36.7 Å². The molecular weight excluding hydrogens is 388 g/mol. The molecule has 1 saturated heterocycles. The van der Waals surface area contributed by atoms with Crippen LogP contribution in [-0.4, -0.2) is 79.4 Å². The second kappa shape index (κ2) is 11.0. The van der Waals surface area contributed by atoms with E-state index in [0.717, 1.165) is 55.6 Å². The molecule has 166 valence electrons. The van der Waals surface area contributed by atoms with Gasteiger partial charge in [0.05, 0.1) is 12.8 Å². The molecule has 1 aliphatic heterocycles. The SMILES string of the molecule is CCN1CCN(C(=Nc2cccc(OC)c2)c2ccc(C(=O)N(CC)CC)cc2)CC1. The zero-order valence-electron chi connectivity index (χ0n) is 19.2. The van der Waals surface area contributed by atoms with E-state index in [-0.39, 0.29) is 5.91 Å². The first-order valence-corrected chi connectivity index (χ1v) is 11.2. The molecule has 2 aromatic rings. The number of rotatable bonds is 7. The number of carbonyl (C=O) groups excluding carboxylic acids is 1. The lowest BCUT2D eigenvalue weighted by molar-refractivity contribution is 0.0773. The van der Waals surface area contributed by atoms with Crippen LogP contribution in [0.2, 0.25) is 0 Å². The Balaban J connectivity index is 1.92. The summed E-state index contributed by atoms with van der Waals surface area (Å²) in [7, 11) is 1.67. The molecule has 1 heterocycles. The van der Waals surface area contributed by atoms with Crippen LogP contribution in [0, 0.1) is 0 Å². The first-order valence-electron chi connectivity index (χ1n) is 11.2. The van der Waals surface area contributed by atoms with Gasteiger partial charge >= 0.3 is 0 Å². The summed E-state index contributed by atoms with van der Waals surface area (Å²) in [6, 6.07) is 15.7. The fourth-order valence-electron chi connectivity index (χ4n) is 3.85. The minimum absolute atomic E-state index is 0.0689. The van der Waals surface area contributed by atoms with Crippen molar-refractivity contribution in [1.82, 2.24) is 14.7 Å². The maximum Gasteiger partial charge on any atom is 0.253 e. The second-order valence-corrected chi connectivity index (χ2v) is 7.61. The highest BCUT2D eigenvalue weighted by Crippen LogP contribution is 2.22. The zero-order chi connectivity index (χ0) is 22.2. The Hall–Kier alpha value is -2.86. The minimum atomic E-state index is 0.0689. The summed E-state index contributed by atoms with van der Waals surface area (Å²) >= 11 is 0. The van der Waals surface area contributed by atoms with Crippen LogP contribution < -0.4 is 4.74 Å². The summed E-state index contributed by atoms with van der Waals surface area (Å²) in [5, 5.41) is 0. The van der Waals surface area contributed by atoms with E-state index in [1.54, 1.807) is 7.11 Å². The average molecular weight is 423 g/mol. The number of methoxy groups -OCH3 is 1. The molecule has 31 heavy (non-hydrogen) atoms. The van der Waals surface area contributed by atoms with Crippen LogP contribution in [0.3, 0.4) is 0 Å². The summed E-state index contributed by atoms with van der Waals surface area (Å²) in [5.74, 6) is 1.79. The summed E-state index contributed by atoms with van der Waals surface area (Å²) in [6.07, 6.45) is 0. The maximum atomic E-state index is 12.7. The van der Waals surface area contributed by atoms with E-state index in [1.165, 1.54) is 0 Å². The van der Waals surface area contributed by atoms with Crippen molar-refractivity contribution in [2.45, 2.75) is 20.8 Å². The average Bonchev–Trinajstić information content (AvgIpc) is 2.83. The van der Waals surface area contributed by atoms with Gasteiger partial charge in [0.2, 0.25) is 0 Å². The third-order valence-electron chi connectivity index (χ3n) is 5.85. The molecule has 0 aromatic heterocycles. The molecule has 0 radical (unpaired) electrons. The summed E-state index contributed by atoms with van der Waals surface area (Å²) < 4.78 is 5.37. The third kappa shape index (κ3) is 5.64. The highest BCUT2D eigenvalue weighted by Gasteiger charge is 2.21. The van der Waals surface area contributed by atoms with E-state index in [1.807, 2.05) is 67.3 Å². The Bertz CT molecular complexity index is 883. The number of carbonyl (C=O) groups is 1. The minimum Gasteiger partial charge on any atom is -0.497 e. The predicted octanol–water partition coefficient (Wildman–Crippen LogP) is 3.89. The largest absolute Gasteiger partial charge is 0.497 e. The molecule has 0 atom stereocenters. The predicted molar refractivity (Wildman–Crippen MR) is 127 cm³/mol. The number of hydrogen-bond donors (Lipinski definition) is 0. The van der Waals surface area contributed by atoms with E-state index in [0.29, 0.717) is 18.7 Å². The fraction of sp³-hybridized carbons (Fsp3) is 0.440. The van der Waals surface area contributed by atoms with Crippen LogP contribution in [0.25, 0.3) is 0 Å². The number of benzene rings is 2. The standard InChI is InChI=1S/C25H34N4O2/c1-5-27-15-17-29(18-16-27)24(26-22-9-8-10-23(19-22)31-4)20-11-13-21(14-12-20)25(30)28(6-2)7-3/h8-14,19H,5-7,15-18H2,1-4H3. The molecule has 3 rings (SSSR count). The quantitative estimate of drug-likeness (QED) is 0.502. The lowest BCUT2D eigenvalue weighted by Gasteiger charge is -2.36. The normalized spacial score (nSPS) is 15.1. The van der Waals surface area contributed by atoms with Crippen LogP contribution in [0.5, 0.6) is 5.75 Å². The third-order valence-corrected chi connectivity index (χ3v) is 5.85. The van der Waals surface area contributed by atoms with Crippen molar-refractivity contribution in [3.05, 3.63) is 59.7 Å². The van der Waals surface area contributed by atoms with Gasteiger partial charge in [0.15, 0.2) is 0 Å². The summed E-state index contributed by atoms with van der Waals surface area (Å²) in [5.41, 5.74) is 2.59. The fourth-order valence-corrected chi connectivity index (χ4v) is 3.85. The van der Waals surface area contributed by atoms with Gasteiger partial charge in [-0.25, -0.2) is 4.99 Å². The van der Waals surface area contributed by atoms with E-state index >= 15 is 0 Å². The van der Waals surface area contributed by atoms with Gasteiger partial charge in [-0.05, 0) is 44.7 Å². The van der Waals surface area contributed by atoms with Crippen molar-refractivity contribution in [1.29, 1.82) is 0 Å². The van der Waals surface area contributed by atoms with Crippen molar-refractivity contribution in [3.63, 3.8) is 0 Å². The van der Waals surface area contributed by atoms with Crippen molar-refractivity contribution in [2.24, 2.45) is 4.99 Å². The first kappa shape index (κ1) is 22.8. The Morgan fingerprint density at radius 3 is 2.19 bits per heavy atom. The molecule has 0 spiro atoms. The van der Waals surface area contributed by atoms with Gasteiger partial charge in [0.1, 0.15) is 11.6 Å². The lowest BCUT2D eigenvalue weighted by atomic mass is 10.1. The zero-order valence-corrected chi connectivity index (χ0v) is 19.2. The molecule has 1 amide bonds. The highest BCUT2D eigenvalue weighted by molar-refractivity contribution is 6.02. The molecule has 1 aliphatic rings. The molecule has 0 aliphatic carbocycles. The van der Waals surface area contributed by atoms with Gasteiger partial charge < -0.3 is 19.4 Å². The second-order valence-electron chi connectivity index (χ2n) is 7.61. The van der Waals surface area contributed by atoms with Crippen molar-refractivity contribution < 1.29 is 9.53 Å². The number of nitrogens with zero attached hydrogens (tertiary/aromatic N) is 4. The van der Waals surface area contributed by atoms with E-state index in [4.69, 9.17) is 9.73 Å². The van der Waals surface area contributed by atoms with Crippen LogP contribution in [0.15, 0.2) is 53.5 Å². The monoisotopic (exact) mass is 422 g/mol. The maximum absolute atomic E-state index is 12.7. The molecule has 1 fully saturated rings. The Labute approximate surface area is 186 Å². The van der Waals surface area contributed by atoms with Gasteiger partial charge in [0.25, 0.3) is 5.91 Å². The number of hydrogen-bond acceptors (Lipinski definition) is 4. The molecule has 6 nitrogen and oxygen atoms in total. The molecule has 2 aromatic carbocycles. The number of piperazine rings is 1. The molecule has 6 heteroatoms. The highest BCUT2D eigenvalue weighted by atomic mass is 16.5. The lowest BCUT2D eigenvalue weighted by Crippen LogP contribution is -2.48. The van der Waals surface area contributed by atoms with Crippen LogP contribution in [0.4, 0.5) is 5.69 Å². The molecule has 0 saturated carbocycles. The number of likely N-dealkylation sites (N-methyl/N-ethyl adjacent to an activating group) is 1. The Kier molecular flexibility index (Phi) is 8.06. The Morgan fingerprint density at radius 1 is 0.968 bits per heavy atom. The Morgan fingerprint density at radius 2 is 1.61 bits per heavy atom. The van der Waals surface area contributed by atoms with Gasteiger partial charge in [-0.2, -0.15) is 0 Å². The molecular formula is C25H34N4O2. The van der Waals surface area contributed by atoms with E-state index in [2.05, 4.69) is 16.7 Å². The summed E-state index contributed by atoms with van der Waals surface area (Å²) in [6.45, 7) is 12.6. The van der Waals surface area contributed by atoms with Crippen molar-refractivity contribution in [3.8, 4) is 5.75 Å². The topological polar surface area (TPSA) is 48.4 Å². The number of aliphatic imine (C=N–C) groups is 1. The van der Waals surface area contributed by atoms with Gasteiger partial charge in [0, 0.05) is 56.5 Å². The van der Waals surface area contributed by atoms with Crippen LogP contribution in [-0.2, 0) is 0 Å². The van der Waals surface area contributed by atoms with Crippen molar-refractivity contribution in [2.75, 3.05) is 52.9 Å². The number of ether oxygens (including phenoxy) is 1. The first-order chi connectivity index (χ1) is 15.1. The smallest absolute Gasteiger partial charge is 0.253 e. The van der Waals surface area contributed by atoms with Gasteiger partial charge in [-0.1, -0.05) is 25.1 Å². The summed E-state index contributed by atoms with van der Waals surface area (Å²) in [4.78, 5) is 24.3. The van der Waals surface area contributed by atoms with Crippen molar-refractivity contribution >= 4 is 17.4 Å². The number of amidine groups is 1. The molecule has 0 N–H and O–H groups in total. The molecule has 0 unspecified atom stereocenters. The van der Waals surface area contributed by atoms with Gasteiger partial charge in [-0.3, -0.25) is 4.79 Å². The van der Waals surface area contributed by atoms with E-state index in [9.17, 15) is 4.79 Å². The van der Waals surface area contributed by atoms with E-state index < -0.39 is 0 Å². The van der Waals surface area contributed by atoms with Crippen LogP contribution >= 0.6 is 0 Å². The molecule has 0 bridgehead atoms. The number of amides is 1. The van der Waals surface area contributed by atoms with Gasteiger partial charge in [-0.15, -0.1) is 0 Å².